The second-order valence-corrected chi connectivity index (χ2v) is 9.60. The molecule has 3 aromatic rings. The lowest BCUT2D eigenvalue weighted by molar-refractivity contribution is -0.114. The molecule has 2 aliphatic rings. The lowest BCUT2D eigenvalue weighted by Crippen LogP contribution is -2.35. The summed E-state index contributed by atoms with van der Waals surface area (Å²) >= 11 is 2.85. The average Bonchev–Trinajstić information content (AvgIpc) is 3.58. The monoisotopic (exact) mass is 518 g/mol. The highest BCUT2D eigenvalue weighted by Crippen LogP contribution is 2.32. The third-order valence-electron chi connectivity index (χ3n) is 5.26. The molecule has 0 radical (unpaired) electrons. The van der Waals surface area contributed by atoms with E-state index in [4.69, 9.17) is 19.6 Å². The number of methoxy groups -OCH3 is 1. The van der Waals surface area contributed by atoms with Gasteiger partial charge in [0.25, 0.3) is 5.91 Å². The number of thioether (sulfide) groups is 1. The second kappa shape index (κ2) is 10.8. The number of ether oxygens (including phenoxy) is 3. The molecule has 0 bridgehead atoms. The van der Waals surface area contributed by atoms with Crippen molar-refractivity contribution in [2.24, 2.45) is 10.1 Å². The van der Waals surface area contributed by atoms with Gasteiger partial charge in [-0.05, 0) is 71.2 Å². The minimum absolute atomic E-state index is 0.0150. The maximum absolute atomic E-state index is 12.6. The highest BCUT2D eigenvalue weighted by molar-refractivity contribution is 8.27. The molecule has 1 N–H and O–H groups in total. The Morgan fingerprint density at radius 1 is 0.972 bits per heavy atom. The maximum atomic E-state index is 12.6. The van der Waals surface area contributed by atoms with E-state index in [0.717, 1.165) is 33.4 Å². The molecule has 0 fully saturated rings. The number of hydrogen-bond acceptors (Lipinski definition) is 8. The van der Waals surface area contributed by atoms with Crippen molar-refractivity contribution in [1.82, 2.24) is 5.01 Å². The molecule has 5 rings (SSSR count). The molecule has 8 nitrogen and oxygen atoms in total. The smallest absolute Gasteiger partial charge is 0.283 e. The fourth-order valence-electron chi connectivity index (χ4n) is 3.43. The molecule has 2 aromatic carbocycles. The number of nitrogens with one attached hydrogen (secondary N) is 1. The molecule has 0 unspecified atom stereocenters. The van der Waals surface area contributed by atoms with Crippen molar-refractivity contribution in [2.45, 2.75) is 6.42 Å². The van der Waals surface area contributed by atoms with E-state index in [9.17, 15) is 4.79 Å². The Bertz CT molecular complexity index is 1350. The minimum Gasteiger partial charge on any atom is -0.497 e. The summed E-state index contributed by atoms with van der Waals surface area (Å²) in [5.41, 5.74) is 0.964. The van der Waals surface area contributed by atoms with Crippen molar-refractivity contribution >= 4 is 51.1 Å². The number of aliphatic imine (C=N–C) groups is 1. The van der Waals surface area contributed by atoms with Crippen LogP contribution in [-0.2, 0) is 4.79 Å². The van der Waals surface area contributed by atoms with E-state index in [2.05, 4.69) is 10.1 Å². The Balaban J connectivity index is 1.15. The van der Waals surface area contributed by atoms with Gasteiger partial charge in [-0.15, -0.1) is 11.3 Å². The second-order valence-electron chi connectivity index (χ2n) is 7.70. The van der Waals surface area contributed by atoms with Crippen molar-refractivity contribution in [2.75, 3.05) is 20.3 Å². The molecule has 36 heavy (non-hydrogen) atoms. The summed E-state index contributed by atoms with van der Waals surface area (Å²) in [6.45, 7) is 1.04. The molecular weight excluding hydrogens is 496 g/mol. The van der Waals surface area contributed by atoms with Crippen molar-refractivity contribution in [3.05, 3.63) is 82.1 Å². The highest BCUT2D eigenvalue weighted by Gasteiger charge is 2.36. The van der Waals surface area contributed by atoms with Gasteiger partial charge < -0.3 is 14.2 Å². The lowest BCUT2D eigenvalue weighted by Gasteiger charge is -2.20. The maximum Gasteiger partial charge on any atom is 0.283 e. The van der Waals surface area contributed by atoms with E-state index in [1.54, 1.807) is 24.5 Å². The molecule has 3 heterocycles. The third kappa shape index (κ3) is 5.34. The SMILES string of the molecule is COc1ccc(OCCCOc2ccc(C=C3C(=N)N4N=C(c5cccs5)SC4=NC3=O)cc2)cc1. The van der Waals surface area contributed by atoms with Gasteiger partial charge >= 0.3 is 0 Å². The standard InChI is InChI=1S/C26H22N4O4S2/c1-32-18-9-11-20(12-10-18)34-14-3-13-33-19-7-5-17(6-8-19)16-21-23(27)30-26(28-24(21)31)36-25(29-30)22-4-2-15-35-22/h2,4-12,15-16,27H,3,13-14H2,1H3. The summed E-state index contributed by atoms with van der Waals surface area (Å²) in [4.78, 5) is 17.7. The molecule has 0 atom stereocenters. The summed E-state index contributed by atoms with van der Waals surface area (Å²) in [5, 5.41) is 17.5. The molecular formula is C26H22N4O4S2. The summed E-state index contributed by atoms with van der Waals surface area (Å²) in [5.74, 6) is 1.86. The number of amidine groups is 2. The number of carbonyl (C=O) groups excluding carboxylic acids is 1. The molecule has 1 aromatic heterocycles. The largest absolute Gasteiger partial charge is 0.497 e. The zero-order valence-electron chi connectivity index (χ0n) is 19.3. The van der Waals surface area contributed by atoms with Crippen molar-refractivity contribution in [1.29, 1.82) is 5.41 Å². The van der Waals surface area contributed by atoms with Crippen molar-refractivity contribution in [3.63, 3.8) is 0 Å². The summed E-state index contributed by atoms with van der Waals surface area (Å²) in [6.07, 6.45) is 2.38. The predicted molar refractivity (Wildman–Crippen MR) is 143 cm³/mol. The van der Waals surface area contributed by atoms with Gasteiger partial charge in [-0.1, -0.05) is 18.2 Å². The van der Waals surface area contributed by atoms with Crippen LogP contribution in [0.3, 0.4) is 0 Å². The Morgan fingerprint density at radius 3 is 2.28 bits per heavy atom. The Hall–Kier alpha value is -3.89. The van der Waals surface area contributed by atoms with Crippen LogP contribution in [0.4, 0.5) is 0 Å². The van der Waals surface area contributed by atoms with Gasteiger partial charge in [0.15, 0.2) is 5.84 Å². The van der Waals surface area contributed by atoms with Crippen LogP contribution in [0, 0.1) is 5.41 Å². The zero-order valence-corrected chi connectivity index (χ0v) is 21.0. The summed E-state index contributed by atoms with van der Waals surface area (Å²) in [7, 11) is 1.63. The number of benzene rings is 2. The van der Waals surface area contributed by atoms with Crippen LogP contribution in [0.2, 0.25) is 0 Å². The normalized spacial score (nSPS) is 16.0. The first-order valence-corrected chi connectivity index (χ1v) is 12.8. The number of thiophene rings is 1. The highest BCUT2D eigenvalue weighted by atomic mass is 32.2. The number of amides is 1. The van der Waals surface area contributed by atoms with Crippen LogP contribution in [-0.4, -0.2) is 47.3 Å². The lowest BCUT2D eigenvalue weighted by atomic mass is 10.1. The fraction of sp³-hybridized carbons (Fsp3) is 0.154. The van der Waals surface area contributed by atoms with Gasteiger partial charge in [0.2, 0.25) is 5.17 Å². The van der Waals surface area contributed by atoms with Crippen LogP contribution in [0.5, 0.6) is 17.2 Å². The van der Waals surface area contributed by atoms with Crippen LogP contribution >= 0.6 is 23.1 Å². The van der Waals surface area contributed by atoms with Gasteiger partial charge in [0.1, 0.15) is 22.3 Å². The van der Waals surface area contributed by atoms with Crippen LogP contribution in [0.1, 0.15) is 16.9 Å². The van der Waals surface area contributed by atoms with E-state index in [-0.39, 0.29) is 11.4 Å². The van der Waals surface area contributed by atoms with Gasteiger partial charge in [-0.2, -0.15) is 15.1 Å². The number of rotatable bonds is 9. The van der Waals surface area contributed by atoms with E-state index in [0.29, 0.717) is 24.1 Å². The van der Waals surface area contributed by atoms with Gasteiger partial charge in [-0.25, -0.2) is 0 Å². The molecule has 0 saturated heterocycles. The number of hydrazone groups is 1. The summed E-state index contributed by atoms with van der Waals surface area (Å²) in [6, 6.07) is 18.7. The molecule has 10 heteroatoms. The number of nitrogens with zero attached hydrogens (tertiary/aromatic N) is 3. The van der Waals surface area contributed by atoms with E-state index >= 15 is 0 Å². The predicted octanol–water partition coefficient (Wildman–Crippen LogP) is 5.27. The number of fused-ring (bicyclic) bond motifs is 1. The number of carbonyl (C=O) groups is 1. The Kier molecular flexibility index (Phi) is 7.15. The first-order chi connectivity index (χ1) is 17.6. The molecule has 182 valence electrons. The van der Waals surface area contributed by atoms with Crippen LogP contribution in [0.15, 0.2) is 81.7 Å². The minimum atomic E-state index is -0.446. The molecule has 2 aliphatic heterocycles. The van der Waals surface area contributed by atoms with Crippen LogP contribution in [0.25, 0.3) is 6.08 Å². The molecule has 1 amide bonds. The van der Waals surface area contributed by atoms with Gasteiger partial charge in [-0.3, -0.25) is 10.2 Å². The average molecular weight is 519 g/mol. The molecule has 0 spiro atoms. The van der Waals surface area contributed by atoms with E-state index in [1.807, 2.05) is 66.0 Å². The van der Waals surface area contributed by atoms with Crippen molar-refractivity contribution < 1.29 is 19.0 Å². The van der Waals surface area contributed by atoms with Crippen LogP contribution < -0.4 is 14.2 Å². The van der Waals surface area contributed by atoms with E-state index < -0.39 is 5.91 Å². The first-order valence-electron chi connectivity index (χ1n) is 11.1. The molecule has 0 saturated carbocycles. The third-order valence-corrected chi connectivity index (χ3v) is 7.21. The number of hydrogen-bond donors (Lipinski definition) is 1. The van der Waals surface area contributed by atoms with E-state index in [1.165, 1.54) is 16.8 Å². The van der Waals surface area contributed by atoms with Gasteiger partial charge in [0.05, 0.1) is 30.8 Å². The first kappa shape index (κ1) is 23.8. The molecule has 0 aliphatic carbocycles. The Labute approximate surface area is 216 Å². The van der Waals surface area contributed by atoms with Gasteiger partial charge in [0, 0.05) is 6.42 Å². The quantitative estimate of drug-likeness (QED) is 0.306. The zero-order chi connectivity index (χ0) is 24.9. The topological polar surface area (TPSA) is 96.6 Å². The van der Waals surface area contributed by atoms with Crippen molar-refractivity contribution in [3.8, 4) is 17.2 Å². The Morgan fingerprint density at radius 2 is 1.64 bits per heavy atom. The summed E-state index contributed by atoms with van der Waals surface area (Å²) < 4.78 is 16.6. The fourth-order valence-corrected chi connectivity index (χ4v) is 5.11.